The Morgan fingerprint density at radius 2 is 1.38 bits per heavy atom. The van der Waals surface area contributed by atoms with Gasteiger partial charge in [0.25, 0.3) is 0 Å². The van der Waals surface area contributed by atoms with Crippen molar-refractivity contribution >= 4 is 24.2 Å². The standard InChI is InChI=1S/C28H43NO10/c1-6-9-14-34-27(32)38-23-13-12-21(17-24(23)39-28(33)35-15-10-7-2)16-22(29)26(31)36-18-20(5)37-25(30)19(4)11-8-3/h12-13,17,19-20,22H,6-11,14-16,18,29H2,1-5H3/t19?,20-,22-/m0/s1. The smallest absolute Gasteiger partial charge is 0.461 e. The van der Waals surface area contributed by atoms with Gasteiger partial charge in [-0.1, -0.05) is 53.0 Å². The highest BCUT2D eigenvalue weighted by Crippen LogP contribution is 2.30. The first-order chi connectivity index (χ1) is 18.6. The highest BCUT2D eigenvalue weighted by molar-refractivity contribution is 5.76. The van der Waals surface area contributed by atoms with E-state index in [1.807, 2.05) is 20.8 Å². The molecule has 3 atom stereocenters. The lowest BCUT2D eigenvalue weighted by Gasteiger charge is -2.18. The zero-order valence-electron chi connectivity index (χ0n) is 23.7. The number of rotatable bonds is 17. The number of carbonyl (C=O) groups is 4. The topological polar surface area (TPSA) is 150 Å². The summed E-state index contributed by atoms with van der Waals surface area (Å²) in [6.45, 7) is 9.52. The van der Waals surface area contributed by atoms with E-state index in [1.54, 1.807) is 19.9 Å². The first-order valence-corrected chi connectivity index (χ1v) is 13.6. The number of carbonyl (C=O) groups excluding carboxylic acids is 4. The van der Waals surface area contributed by atoms with Crippen molar-refractivity contribution in [1.29, 1.82) is 0 Å². The number of esters is 2. The summed E-state index contributed by atoms with van der Waals surface area (Å²) < 4.78 is 31.0. The van der Waals surface area contributed by atoms with Gasteiger partial charge in [0.05, 0.1) is 19.1 Å². The second-order valence-electron chi connectivity index (χ2n) is 9.27. The molecule has 0 radical (unpaired) electrons. The number of nitrogens with two attached hydrogens (primary N) is 1. The second kappa shape index (κ2) is 18.8. The summed E-state index contributed by atoms with van der Waals surface area (Å²) in [5, 5.41) is 0. The molecule has 0 bridgehead atoms. The molecule has 1 aromatic rings. The average Bonchev–Trinajstić information content (AvgIpc) is 2.89. The van der Waals surface area contributed by atoms with E-state index < -0.39 is 30.4 Å². The van der Waals surface area contributed by atoms with Crippen molar-refractivity contribution in [2.24, 2.45) is 11.7 Å². The van der Waals surface area contributed by atoms with Crippen LogP contribution in [0.15, 0.2) is 18.2 Å². The minimum atomic E-state index is -1.05. The van der Waals surface area contributed by atoms with Crippen LogP contribution in [0.4, 0.5) is 9.59 Å². The molecule has 11 nitrogen and oxygen atoms in total. The molecule has 220 valence electrons. The highest BCUT2D eigenvalue weighted by atomic mass is 16.7. The lowest BCUT2D eigenvalue weighted by molar-refractivity contribution is -0.161. The summed E-state index contributed by atoms with van der Waals surface area (Å²) in [5.41, 5.74) is 6.53. The van der Waals surface area contributed by atoms with Crippen molar-refractivity contribution in [2.75, 3.05) is 19.8 Å². The predicted octanol–water partition coefficient (Wildman–Crippen LogP) is 5.10. The van der Waals surface area contributed by atoms with Crippen molar-refractivity contribution < 1.29 is 47.6 Å². The minimum Gasteiger partial charge on any atom is -0.461 e. The van der Waals surface area contributed by atoms with Crippen molar-refractivity contribution in [2.45, 2.75) is 91.7 Å². The molecule has 11 heteroatoms. The Morgan fingerprint density at radius 1 is 0.795 bits per heavy atom. The first-order valence-electron chi connectivity index (χ1n) is 13.6. The van der Waals surface area contributed by atoms with Gasteiger partial charge in [-0.05, 0) is 50.3 Å². The van der Waals surface area contributed by atoms with Crippen LogP contribution in [0.25, 0.3) is 0 Å². The quantitative estimate of drug-likeness (QED) is 0.119. The van der Waals surface area contributed by atoms with Crippen molar-refractivity contribution in [3.8, 4) is 11.5 Å². The average molecular weight is 554 g/mol. The molecule has 0 aromatic heterocycles. The van der Waals surface area contributed by atoms with Crippen LogP contribution in [0.2, 0.25) is 0 Å². The Kier molecular flexibility index (Phi) is 16.3. The van der Waals surface area contributed by atoms with E-state index in [1.165, 1.54) is 12.1 Å². The molecule has 0 amide bonds. The van der Waals surface area contributed by atoms with E-state index in [2.05, 4.69) is 0 Å². The molecule has 0 fully saturated rings. The summed E-state index contributed by atoms with van der Waals surface area (Å²) in [6.07, 6.45) is 2.06. The van der Waals surface area contributed by atoms with Gasteiger partial charge in [-0.15, -0.1) is 0 Å². The van der Waals surface area contributed by atoms with Gasteiger partial charge in [0.1, 0.15) is 18.8 Å². The third-order valence-electron chi connectivity index (χ3n) is 5.49. The molecule has 1 unspecified atom stereocenters. The Balaban J connectivity index is 2.81. The van der Waals surface area contributed by atoms with Crippen molar-refractivity contribution in [1.82, 2.24) is 0 Å². The minimum absolute atomic E-state index is 0.0308. The first kappa shape index (κ1) is 33.7. The van der Waals surface area contributed by atoms with Gasteiger partial charge >= 0.3 is 24.2 Å². The molecule has 1 aromatic carbocycles. The molecule has 0 aliphatic rings. The van der Waals surface area contributed by atoms with Crippen LogP contribution in [0.3, 0.4) is 0 Å². The third kappa shape index (κ3) is 13.9. The van der Waals surface area contributed by atoms with Gasteiger partial charge in [-0.2, -0.15) is 0 Å². The molecule has 39 heavy (non-hydrogen) atoms. The summed E-state index contributed by atoms with van der Waals surface area (Å²) in [7, 11) is 0. The number of hydrogen-bond acceptors (Lipinski definition) is 11. The van der Waals surface area contributed by atoms with E-state index in [0.717, 1.165) is 19.3 Å². The van der Waals surface area contributed by atoms with Gasteiger partial charge in [0, 0.05) is 0 Å². The molecule has 0 saturated heterocycles. The van der Waals surface area contributed by atoms with Crippen LogP contribution in [-0.4, -0.2) is 56.2 Å². The molecular formula is C28H43NO10. The Labute approximate surface area is 230 Å². The maximum atomic E-state index is 12.4. The fourth-order valence-electron chi connectivity index (χ4n) is 3.22. The van der Waals surface area contributed by atoms with E-state index in [4.69, 9.17) is 34.2 Å². The van der Waals surface area contributed by atoms with E-state index in [-0.39, 0.29) is 49.6 Å². The normalized spacial score (nSPS) is 13.0. The van der Waals surface area contributed by atoms with Crippen LogP contribution in [-0.2, 0) is 35.0 Å². The Bertz CT molecular complexity index is 920. The van der Waals surface area contributed by atoms with Crippen LogP contribution in [0.1, 0.15) is 78.7 Å². The molecule has 0 saturated carbocycles. The van der Waals surface area contributed by atoms with Gasteiger partial charge in [0.15, 0.2) is 11.5 Å². The number of ether oxygens (including phenoxy) is 6. The van der Waals surface area contributed by atoms with Crippen LogP contribution < -0.4 is 15.2 Å². The van der Waals surface area contributed by atoms with Gasteiger partial charge < -0.3 is 34.2 Å². The molecule has 0 aliphatic heterocycles. The van der Waals surface area contributed by atoms with E-state index in [9.17, 15) is 19.2 Å². The van der Waals surface area contributed by atoms with Gasteiger partial charge in [-0.3, -0.25) is 9.59 Å². The van der Waals surface area contributed by atoms with Gasteiger partial charge in [0.2, 0.25) is 0 Å². The monoisotopic (exact) mass is 553 g/mol. The lowest BCUT2D eigenvalue weighted by Crippen LogP contribution is -2.36. The van der Waals surface area contributed by atoms with E-state index in [0.29, 0.717) is 24.8 Å². The molecule has 0 heterocycles. The zero-order chi connectivity index (χ0) is 29.2. The second-order valence-corrected chi connectivity index (χ2v) is 9.27. The predicted molar refractivity (Wildman–Crippen MR) is 142 cm³/mol. The third-order valence-corrected chi connectivity index (χ3v) is 5.49. The maximum absolute atomic E-state index is 12.4. The van der Waals surface area contributed by atoms with E-state index >= 15 is 0 Å². The van der Waals surface area contributed by atoms with Crippen LogP contribution in [0, 0.1) is 5.92 Å². The molecule has 0 aliphatic carbocycles. The summed E-state index contributed by atoms with van der Waals surface area (Å²) in [6, 6.07) is 3.34. The maximum Gasteiger partial charge on any atom is 0.513 e. The lowest BCUT2D eigenvalue weighted by atomic mass is 10.1. The highest BCUT2D eigenvalue weighted by Gasteiger charge is 2.22. The zero-order valence-corrected chi connectivity index (χ0v) is 23.7. The number of unbranched alkanes of at least 4 members (excludes halogenated alkanes) is 2. The SMILES string of the molecule is CCCCOC(=O)Oc1ccc(C[C@H](N)C(=O)OC[C@H](C)OC(=O)C(C)CCC)cc1OC(=O)OCCCC. The fourth-order valence-corrected chi connectivity index (χ4v) is 3.22. The Morgan fingerprint density at radius 3 is 1.95 bits per heavy atom. The van der Waals surface area contributed by atoms with Crippen LogP contribution in [0.5, 0.6) is 11.5 Å². The van der Waals surface area contributed by atoms with Crippen molar-refractivity contribution in [3.63, 3.8) is 0 Å². The number of hydrogen-bond donors (Lipinski definition) is 1. The molecule has 0 spiro atoms. The molecule has 2 N–H and O–H groups in total. The summed E-state index contributed by atoms with van der Waals surface area (Å²) in [5.74, 6) is -1.43. The summed E-state index contributed by atoms with van der Waals surface area (Å²) in [4.78, 5) is 48.6. The largest absolute Gasteiger partial charge is 0.513 e. The van der Waals surface area contributed by atoms with Gasteiger partial charge in [-0.25, -0.2) is 9.59 Å². The van der Waals surface area contributed by atoms with Crippen molar-refractivity contribution in [3.05, 3.63) is 23.8 Å². The summed E-state index contributed by atoms with van der Waals surface area (Å²) >= 11 is 0. The fraction of sp³-hybridized carbons (Fsp3) is 0.643. The molecular weight excluding hydrogens is 510 g/mol. The molecule has 1 rings (SSSR count). The number of benzene rings is 1. The van der Waals surface area contributed by atoms with Crippen LogP contribution >= 0.6 is 0 Å². The Hall–Kier alpha value is -3.34.